The van der Waals surface area contributed by atoms with Crippen molar-refractivity contribution >= 4 is 0 Å². The first-order chi connectivity index (χ1) is 9.51. The highest BCUT2D eigenvalue weighted by atomic mass is 19.4. The number of hydrogen-bond acceptors (Lipinski definition) is 2. The molecule has 0 bridgehead atoms. The van der Waals surface area contributed by atoms with Crippen molar-refractivity contribution in [3.05, 3.63) is 29.3 Å². The Bertz CT molecular complexity index is 466. The maximum atomic E-state index is 13.2. The average Bonchev–Trinajstić information content (AvgIpc) is 2.32. The number of rotatable bonds is 5. The van der Waals surface area contributed by atoms with E-state index in [-0.39, 0.29) is 24.1 Å². The Labute approximate surface area is 122 Å². The molecular formula is C15H21F4NO. The summed E-state index contributed by atoms with van der Waals surface area (Å²) in [5.74, 6) is -0.270. The molecule has 0 fully saturated rings. The van der Waals surface area contributed by atoms with Gasteiger partial charge in [0.25, 0.3) is 0 Å². The van der Waals surface area contributed by atoms with E-state index in [1.54, 1.807) is 6.07 Å². The van der Waals surface area contributed by atoms with Crippen LogP contribution in [0.25, 0.3) is 0 Å². The summed E-state index contributed by atoms with van der Waals surface area (Å²) in [4.78, 5) is 0. The van der Waals surface area contributed by atoms with Gasteiger partial charge in [0.1, 0.15) is 11.9 Å². The summed E-state index contributed by atoms with van der Waals surface area (Å²) in [5, 5.41) is 0. The molecule has 0 aliphatic rings. The van der Waals surface area contributed by atoms with Crippen LogP contribution in [-0.4, -0.2) is 19.1 Å². The minimum atomic E-state index is -4.74. The first-order valence-corrected chi connectivity index (χ1v) is 6.75. The largest absolute Gasteiger partial charge is 0.573 e. The van der Waals surface area contributed by atoms with Crippen LogP contribution in [0.5, 0.6) is 5.75 Å². The Morgan fingerprint density at radius 3 is 2.24 bits per heavy atom. The minimum absolute atomic E-state index is 0.0924. The van der Waals surface area contributed by atoms with Crippen molar-refractivity contribution in [2.45, 2.75) is 51.6 Å². The van der Waals surface area contributed by atoms with Crippen molar-refractivity contribution in [1.29, 1.82) is 0 Å². The van der Waals surface area contributed by atoms with Gasteiger partial charge in [0.2, 0.25) is 0 Å². The number of ether oxygens (including phenoxy) is 1. The smallest absolute Gasteiger partial charge is 0.406 e. The van der Waals surface area contributed by atoms with Gasteiger partial charge < -0.3 is 10.5 Å². The predicted octanol–water partition coefficient (Wildman–Crippen LogP) is 4.11. The Balaban J connectivity index is 3.04. The lowest BCUT2D eigenvalue weighted by Gasteiger charge is -2.22. The van der Waals surface area contributed by atoms with Gasteiger partial charge in [-0.15, -0.1) is 13.2 Å². The van der Waals surface area contributed by atoms with E-state index in [9.17, 15) is 17.6 Å². The van der Waals surface area contributed by atoms with Crippen molar-refractivity contribution < 1.29 is 22.3 Å². The number of benzene rings is 1. The minimum Gasteiger partial charge on any atom is -0.406 e. The molecule has 1 aromatic rings. The van der Waals surface area contributed by atoms with Crippen molar-refractivity contribution in [2.24, 2.45) is 5.73 Å². The average molecular weight is 307 g/mol. The monoisotopic (exact) mass is 307 g/mol. The third kappa shape index (κ3) is 6.33. The molecule has 0 unspecified atom stereocenters. The molecule has 0 radical (unpaired) electrons. The standard InChI is InChI=1S/C15H21F4NO/c1-14(2,3)11-6-10(4-5-12(16)9-20)7-13(8-11)21-15(17,18)19/h6-8,12H,4-5,9,20H2,1-3H3/t12-/m0/s1. The van der Waals surface area contributed by atoms with E-state index >= 15 is 0 Å². The molecule has 120 valence electrons. The molecule has 0 heterocycles. The summed E-state index contributed by atoms with van der Waals surface area (Å²) < 4.78 is 54.3. The zero-order valence-electron chi connectivity index (χ0n) is 12.4. The lowest BCUT2D eigenvalue weighted by atomic mass is 9.85. The summed E-state index contributed by atoms with van der Waals surface area (Å²) >= 11 is 0. The fraction of sp³-hybridized carbons (Fsp3) is 0.600. The summed E-state index contributed by atoms with van der Waals surface area (Å²) in [6, 6.07) is 4.45. The molecular weight excluding hydrogens is 286 g/mol. The molecule has 1 rings (SSSR count). The quantitative estimate of drug-likeness (QED) is 0.831. The summed E-state index contributed by atoms with van der Waals surface area (Å²) in [6.07, 6.45) is -5.41. The van der Waals surface area contributed by atoms with Crippen LogP contribution in [0.1, 0.15) is 38.3 Å². The van der Waals surface area contributed by atoms with Gasteiger partial charge in [0.15, 0.2) is 0 Å². The molecule has 2 N–H and O–H groups in total. The highest BCUT2D eigenvalue weighted by Gasteiger charge is 2.31. The molecule has 1 atom stereocenters. The molecule has 0 spiro atoms. The van der Waals surface area contributed by atoms with E-state index < -0.39 is 12.5 Å². The third-order valence-electron chi connectivity index (χ3n) is 3.07. The van der Waals surface area contributed by atoms with Crippen LogP contribution < -0.4 is 10.5 Å². The summed E-state index contributed by atoms with van der Waals surface area (Å²) in [6.45, 7) is 5.58. The topological polar surface area (TPSA) is 35.2 Å². The number of halogens is 4. The molecule has 0 saturated carbocycles. The van der Waals surface area contributed by atoms with Crippen molar-refractivity contribution in [3.63, 3.8) is 0 Å². The van der Waals surface area contributed by atoms with E-state index in [2.05, 4.69) is 4.74 Å². The third-order valence-corrected chi connectivity index (χ3v) is 3.07. The first-order valence-electron chi connectivity index (χ1n) is 6.75. The SMILES string of the molecule is CC(C)(C)c1cc(CC[C@H](F)CN)cc(OC(F)(F)F)c1. The molecule has 0 aliphatic carbocycles. The van der Waals surface area contributed by atoms with E-state index in [1.165, 1.54) is 12.1 Å². The van der Waals surface area contributed by atoms with Crippen LogP contribution >= 0.6 is 0 Å². The summed E-state index contributed by atoms with van der Waals surface area (Å²) in [7, 11) is 0. The fourth-order valence-electron chi connectivity index (χ4n) is 1.87. The van der Waals surface area contributed by atoms with Gasteiger partial charge in [0, 0.05) is 6.54 Å². The number of hydrogen-bond donors (Lipinski definition) is 1. The molecule has 0 saturated heterocycles. The second-order valence-corrected chi connectivity index (χ2v) is 6.04. The zero-order chi connectivity index (χ0) is 16.3. The van der Waals surface area contributed by atoms with Crippen molar-refractivity contribution in [3.8, 4) is 5.75 Å². The van der Waals surface area contributed by atoms with Crippen molar-refractivity contribution in [1.82, 2.24) is 0 Å². The second kappa shape index (κ2) is 6.64. The zero-order valence-corrected chi connectivity index (χ0v) is 12.4. The molecule has 2 nitrogen and oxygen atoms in total. The molecule has 0 aromatic heterocycles. The van der Waals surface area contributed by atoms with Gasteiger partial charge in [0.05, 0.1) is 0 Å². The van der Waals surface area contributed by atoms with Crippen LogP contribution in [0.4, 0.5) is 17.6 Å². The van der Waals surface area contributed by atoms with Crippen LogP contribution in [0.3, 0.4) is 0 Å². The highest BCUT2D eigenvalue weighted by molar-refractivity contribution is 5.38. The Kier molecular flexibility index (Phi) is 5.61. The van der Waals surface area contributed by atoms with Gasteiger partial charge in [-0.2, -0.15) is 0 Å². The van der Waals surface area contributed by atoms with Crippen LogP contribution in [0, 0.1) is 0 Å². The summed E-state index contributed by atoms with van der Waals surface area (Å²) in [5.41, 5.74) is 6.19. The molecule has 6 heteroatoms. The highest BCUT2D eigenvalue weighted by Crippen LogP contribution is 2.31. The Morgan fingerprint density at radius 1 is 1.14 bits per heavy atom. The first kappa shape index (κ1) is 17.8. The number of alkyl halides is 4. The van der Waals surface area contributed by atoms with Gasteiger partial charge >= 0.3 is 6.36 Å². The van der Waals surface area contributed by atoms with E-state index in [0.29, 0.717) is 17.5 Å². The van der Waals surface area contributed by atoms with E-state index in [0.717, 1.165) is 0 Å². The predicted molar refractivity (Wildman–Crippen MR) is 74.1 cm³/mol. The maximum Gasteiger partial charge on any atom is 0.573 e. The number of aryl methyl sites for hydroxylation is 1. The van der Waals surface area contributed by atoms with E-state index in [1.807, 2.05) is 20.8 Å². The van der Waals surface area contributed by atoms with E-state index in [4.69, 9.17) is 5.73 Å². The molecule has 0 aliphatic heterocycles. The van der Waals surface area contributed by atoms with Crippen LogP contribution in [0.15, 0.2) is 18.2 Å². The van der Waals surface area contributed by atoms with Gasteiger partial charge in [-0.3, -0.25) is 0 Å². The Hall–Kier alpha value is -1.30. The normalized spacial score (nSPS) is 14.1. The second-order valence-electron chi connectivity index (χ2n) is 6.04. The number of nitrogens with two attached hydrogens (primary N) is 1. The van der Waals surface area contributed by atoms with Crippen LogP contribution in [0.2, 0.25) is 0 Å². The van der Waals surface area contributed by atoms with Crippen molar-refractivity contribution in [2.75, 3.05) is 6.54 Å². The molecule has 21 heavy (non-hydrogen) atoms. The lowest BCUT2D eigenvalue weighted by Crippen LogP contribution is -2.19. The fourth-order valence-corrected chi connectivity index (χ4v) is 1.87. The maximum absolute atomic E-state index is 13.2. The van der Waals surface area contributed by atoms with Gasteiger partial charge in [-0.25, -0.2) is 4.39 Å². The molecule has 0 amide bonds. The van der Waals surface area contributed by atoms with Gasteiger partial charge in [-0.05, 0) is 41.5 Å². The lowest BCUT2D eigenvalue weighted by molar-refractivity contribution is -0.274. The van der Waals surface area contributed by atoms with Gasteiger partial charge in [-0.1, -0.05) is 26.8 Å². The van der Waals surface area contributed by atoms with Crippen LogP contribution in [-0.2, 0) is 11.8 Å². The molecule has 1 aromatic carbocycles. The Morgan fingerprint density at radius 2 is 1.76 bits per heavy atom.